The third kappa shape index (κ3) is 5.66. The Kier molecular flexibility index (Phi) is 6.35. The number of carbonyl (C=O) groups is 1. The summed E-state index contributed by atoms with van der Waals surface area (Å²) in [5, 5.41) is 14.6. The summed E-state index contributed by atoms with van der Waals surface area (Å²) in [6.07, 6.45) is 3.07. The number of rotatable bonds is 6. The van der Waals surface area contributed by atoms with E-state index in [0.717, 1.165) is 18.7 Å². The van der Waals surface area contributed by atoms with E-state index in [1.165, 1.54) is 10.5 Å². The molecule has 1 aromatic heterocycles. The normalized spacial score (nSPS) is 15.6. The van der Waals surface area contributed by atoms with Gasteiger partial charge in [-0.2, -0.15) is 11.8 Å². The molecule has 122 valence electrons. The van der Waals surface area contributed by atoms with Gasteiger partial charge in [-0.3, -0.25) is 0 Å². The molecule has 1 aromatic rings. The molecule has 0 atom stereocenters. The lowest BCUT2D eigenvalue weighted by Crippen LogP contribution is -2.42. The number of hydrogen-bond donors (Lipinski definition) is 2. The average Bonchev–Trinajstić information content (AvgIpc) is 3.00. The van der Waals surface area contributed by atoms with Gasteiger partial charge in [0.05, 0.1) is 5.60 Å². The van der Waals surface area contributed by atoms with Gasteiger partial charge in [0.15, 0.2) is 0 Å². The van der Waals surface area contributed by atoms with E-state index in [2.05, 4.69) is 28.9 Å². The van der Waals surface area contributed by atoms with Crippen LogP contribution in [0, 0.1) is 0 Å². The Hall–Kier alpha value is -0.980. The number of thioether (sulfide) groups is 1. The Labute approximate surface area is 140 Å². The van der Waals surface area contributed by atoms with Crippen molar-refractivity contribution in [2.75, 3.05) is 31.1 Å². The van der Waals surface area contributed by atoms with E-state index in [4.69, 9.17) is 0 Å². The molecule has 0 spiro atoms. The molecular formula is C16H24N2O2S2. The van der Waals surface area contributed by atoms with Crippen molar-refractivity contribution >= 4 is 34.7 Å². The van der Waals surface area contributed by atoms with E-state index in [1.54, 1.807) is 36.9 Å². The van der Waals surface area contributed by atoms with Gasteiger partial charge in [0.1, 0.15) is 0 Å². The van der Waals surface area contributed by atoms with Crippen molar-refractivity contribution in [2.24, 2.45) is 0 Å². The predicted molar refractivity (Wildman–Crippen MR) is 95.5 cm³/mol. The van der Waals surface area contributed by atoms with Crippen molar-refractivity contribution in [2.45, 2.75) is 25.9 Å². The van der Waals surface area contributed by atoms with Crippen molar-refractivity contribution in [3.05, 3.63) is 28.5 Å². The second-order valence-corrected chi connectivity index (χ2v) is 8.05. The molecule has 2 heterocycles. The first-order chi connectivity index (χ1) is 10.5. The Balaban J connectivity index is 1.67. The van der Waals surface area contributed by atoms with Crippen LogP contribution >= 0.6 is 23.1 Å². The molecule has 0 fully saturated rings. The van der Waals surface area contributed by atoms with Gasteiger partial charge in [-0.1, -0.05) is 12.1 Å². The SMILES string of the molecule is CC(C)(O)CSCCNC(=O)N1CC=C(c2cccs2)CC1. The van der Waals surface area contributed by atoms with E-state index in [-0.39, 0.29) is 6.03 Å². The van der Waals surface area contributed by atoms with Crippen LogP contribution in [0.25, 0.3) is 5.57 Å². The molecule has 6 heteroatoms. The molecule has 0 saturated heterocycles. The van der Waals surface area contributed by atoms with Crippen molar-refractivity contribution < 1.29 is 9.90 Å². The summed E-state index contributed by atoms with van der Waals surface area (Å²) in [6, 6.07) is 4.20. The van der Waals surface area contributed by atoms with E-state index in [9.17, 15) is 9.90 Å². The van der Waals surface area contributed by atoms with Crippen LogP contribution in [0.5, 0.6) is 0 Å². The first kappa shape index (κ1) is 17.4. The van der Waals surface area contributed by atoms with Crippen molar-refractivity contribution in [3.63, 3.8) is 0 Å². The largest absolute Gasteiger partial charge is 0.390 e. The van der Waals surface area contributed by atoms with Gasteiger partial charge in [-0.05, 0) is 37.3 Å². The number of amides is 2. The molecule has 0 aliphatic carbocycles. The molecule has 0 radical (unpaired) electrons. The summed E-state index contributed by atoms with van der Waals surface area (Å²) in [4.78, 5) is 15.2. The smallest absolute Gasteiger partial charge is 0.317 e. The Bertz CT molecular complexity index is 507. The maximum absolute atomic E-state index is 12.1. The van der Waals surface area contributed by atoms with Crippen LogP contribution in [0.1, 0.15) is 25.1 Å². The molecule has 1 aliphatic heterocycles. The molecule has 0 aromatic carbocycles. The number of urea groups is 1. The number of carbonyl (C=O) groups excluding carboxylic acids is 1. The summed E-state index contributed by atoms with van der Waals surface area (Å²) >= 11 is 3.40. The second kappa shape index (κ2) is 8.04. The van der Waals surface area contributed by atoms with Crippen LogP contribution in [-0.2, 0) is 0 Å². The lowest BCUT2D eigenvalue weighted by Gasteiger charge is -2.26. The average molecular weight is 341 g/mol. The summed E-state index contributed by atoms with van der Waals surface area (Å²) in [6.45, 7) is 5.67. The van der Waals surface area contributed by atoms with Crippen LogP contribution < -0.4 is 5.32 Å². The monoisotopic (exact) mass is 340 g/mol. The zero-order valence-electron chi connectivity index (χ0n) is 13.2. The fourth-order valence-electron chi connectivity index (χ4n) is 2.20. The van der Waals surface area contributed by atoms with Gasteiger partial charge in [0.2, 0.25) is 0 Å². The summed E-state index contributed by atoms with van der Waals surface area (Å²) in [5.74, 6) is 1.50. The van der Waals surface area contributed by atoms with Crippen LogP contribution in [-0.4, -0.2) is 52.8 Å². The summed E-state index contributed by atoms with van der Waals surface area (Å²) in [5.41, 5.74) is 0.699. The molecule has 0 saturated carbocycles. The molecule has 1 aliphatic rings. The zero-order valence-corrected chi connectivity index (χ0v) is 14.8. The highest BCUT2D eigenvalue weighted by Gasteiger charge is 2.18. The van der Waals surface area contributed by atoms with Gasteiger partial charge < -0.3 is 15.3 Å². The Morgan fingerprint density at radius 2 is 2.36 bits per heavy atom. The highest BCUT2D eigenvalue weighted by molar-refractivity contribution is 7.99. The van der Waals surface area contributed by atoms with Crippen LogP contribution in [0.2, 0.25) is 0 Å². The third-order valence-corrected chi connectivity index (χ3v) is 5.66. The van der Waals surface area contributed by atoms with Gasteiger partial charge >= 0.3 is 6.03 Å². The standard InChI is InChI=1S/C16H24N2O2S2/c1-16(2,20)12-21-11-7-17-15(19)18-8-5-13(6-9-18)14-4-3-10-22-14/h3-5,10,20H,6-9,11-12H2,1-2H3,(H,17,19). The first-order valence-corrected chi connectivity index (χ1v) is 9.55. The van der Waals surface area contributed by atoms with Gasteiger partial charge in [0, 0.05) is 36.0 Å². The molecular weight excluding hydrogens is 316 g/mol. The molecule has 22 heavy (non-hydrogen) atoms. The van der Waals surface area contributed by atoms with Crippen molar-refractivity contribution in [1.29, 1.82) is 0 Å². The molecule has 4 nitrogen and oxygen atoms in total. The minimum atomic E-state index is -0.648. The van der Waals surface area contributed by atoms with Crippen LogP contribution in [0.4, 0.5) is 4.79 Å². The third-order valence-electron chi connectivity index (χ3n) is 3.31. The maximum Gasteiger partial charge on any atom is 0.317 e. The quantitative estimate of drug-likeness (QED) is 0.783. The number of hydrogen-bond acceptors (Lipinski definition) is 4. The molecule has 2 N–H and O–H groups in total. The number of thiophene rings is 1. The number of nitrogens with zero attached hydrogens (tertiary/aromatic N) is 1. The minimum absolute atomic E-state index is 0.00494. The number of aliphatic hydroxyl groups is 1. The predicted octanol–water partition coefficient (Wildman–Crippen LogP) is 3.05. The van der Waals surface area contributed by atoms with E-state index >= 15 is 0 Å². The van der Waals surface area contributed by atoms with E-state index in [0.29, 0.717) is 18.8 Å². The van der Waals surface area contributed by atoms with Crippen LogP contribution in [0.3, 0.4) is 0 Å². The molecule has 0 bridgehead atoms. The van der Waals surface area contributed by atoms with Crippen molar-refractivity contribution in [3.8, 4) is 0 Å². The lowest BCUT2D eigenvalue weighted by atomic mass is 10.1. The maximum atomic E-state index is 12.1. The topological polar surface area (TPSA) is 52.6 Å². The minimum Gasteiger partial charge on any atom is -0.390 e. The molecule has 0 unspecified atom stereocenters. The van der Waals surface area contributed by atoms with E-state index in [1.807, 2.05) is 4.90 Å². The second-order valence-electron chi connectivity index (χ2n) is 6.00. The van der Waals surface area contributed by atoms with Gasteiger partial charge in [-0.15, -0.1) is 11.3 Å². The fraction of sp³-hybridized carbons (Fsp3) is 0.562. The Morgan fingerprint density at radius 3 is 2.95 bits per heavy atom. The first-order valence-electron chi connectivity index (χ1n) is 7.51. The Morgan fingerprint density at radius 1 is 1.55 bits per heavy atom. The zero-order chi connectivity index (χ0) is 16.0. The molecule has 2 rings (SSSR count). The van der Waals surface area contributed by atoms with Gasteiger partial charge in [-0.25, -0.2) is 4.79 Å². The number of nitrogens with one attached hydrogen (secondary N) is 1. The van der Waals surface area contributed by atoms with E-state index < -0.39 is 5.60 Å². The highest BCUT2D eigenvalue weighted by Crippen LogP contribution is 2.25. The van der Waals surface area contributed by atoms with Crippen LogP contribution in [0.15, 0.2) is 23.6 Å². The summed E-state index contributed by atoms with van der Waals surface area (Å²) in [7, 11) is 0. The van der Waals surface area contributed by atoms with Crippen molar-refractivity contribution in [1.82, 2.24) is 10.2 Å². The molecule has 2 amide bonds. The summed E-state index contributed by atoms with van der Waals surface area (Å²) < 4.78 is 0. The lowest BCUT2D eigenvalue weighted by molar-refractivity contribution is 0.107. The highest BCUT2D eigenvalue weighted by atomic mass is 32.2. The van der Waals surface area contributed by atoms with Gasteiger partial charge in [0.25, 0.3) is 0 Å². The fourth-order valence-corrected chi connectivity index (χ4v) is 3.89.